The van der Waals surface area contributed by atoms with E-state index in [0.29, 0.717) is 0 Å². The first kappa shape index (κ1) is 14.8. The first-order valence-electron chi connectivity index (χ1n) is 8.41. The molecule has 3 aliphatic rings. The predicted molar refractivity (Wildman–Crippen MR) is 80.7 cm³/mol. The molecule has 0 bridgehead atoms. The van der Waals surface area contributed by atoms with E-state index in [-0.39, 0.29) is 29.8 Å². The Hall–Kier alpha value is -1.10. The third kappa shape index (κ3) is 3.23. The molecule has 2 amide bonds. The van der Waals surface area contributed by atoms with Gasteiger partial charge in [-0.3, -0.25) is 14.5 Å². The molecule has 2 atom stereocenters. The average Bonchev–Trinajstić information content (AvgIpc) is 3.01. The van der Waals surface area contributed by atoms with Crippen LogP contribution in [0.4, 0.5) is 0 Å². The number of nitrogens with one attached hydrogen (secondary N) is 1. The van der Waals surface area contributed by atoms with Crippen LogP contribution in [0.15, 0.2) is 0 Å². The summed E-state index contributed by atoms with van der Waals surface area (Å²) in [4.78, 5) is 29.0. The normalized spacial score (nSPS) is 30.1. The maximum absolute atomic E-state index is 12.5. The minimum absolute atomic E-state index is 0.0322. The van der Waals surface area contributed by atoms with E-state index in [1.54, 1.807) is 4.90 Å². The highest BCUT2D eigenvalue weighted by atomic mass is 16.2. The number of likely N-dealkylation sites (tertiary alicyclic amines) is 2. The largest absolute Gasteiger partial charge is 0.350 e. The van der Waals surface area contributed by atoms with Gasteiger partial charge >= 0.3 is 0 Å². The van der Waals surface area contributed by atoms with Crippen molar-refractivity contribution in [3.05, 3.63) is 0 Å². The van der Waals surface area contributed by atoms with Crippen molar-refractivity contribution in [3.8, 4) is 0 Å². The summed E-state index contributed by atoms with van der Waals surface area (Å²) in [7, 11) is 0. The van der Waals surface area contributed by atoms with E-state index in [1.807, 2.05) is 13.8 Å². The van der Waals surface area contributed by atoms with Gasteiger partial charge in [0, 0.05) is 37.6 Å². The molecular weight excluding hydrogens is 266 g/mol. The molecule has 0 aromatic rings. The lowest BCUT2D eigenvalue weighted by Gasteiger charge is -2.27. The monoisotopic (exact) mass is 293 g/mol. The van der Waals surface area contributed by atoms with Crippen molar-refractivity contribution in [1.29, 1.82) is 0 Å². The second-order valence-corrected chi connectivity index (χ2v) is 7.06. The van der Waals surface area contributed by atoms with Crippen LogP contribution in [0.1, 0.15) is 46.0 Å². The van der Waals surface area contributed by atoms with E-state index in [0.717, 1.165) is 44.9 Å². The van der Waals surface area contributed by atoms with Crippen LogP contribution in [0, 0.1) is 5.92 Å². The maximum atomic E-state index is 12.5. The van der Waals surface area contributed by atoms with Gasteiger partial charge in [-0.2, -0.15) is 0 Å². The number of carbonyl (C=O) groups is 2. The first-order chi connectivity index (χ1) is 10.1. The molecule has 0 spiro atoms. The van der Waals surface area contributed by atoms with Gasteiger partial charge in [-0.15, -0.1) is 0 Å². The number of hydrogen-bond acceptors (Lipinski definition) is 3. The second-order valence-electron chi connectivity index (χ2n) is 7.06. The lowest BCUT2D eigenvalue weighted by atomic mass is 10.1. The Morgan fingerprint density at radius 2 is 1.86 bits per heavy atom. The van der Waals surface area contributed by atoms with E-state index >= 15 is 0 Å². The molecule has 5 nitrogen and oxygen atoms in total. The molecule has 0 aromatic carbocycles. The number of hydrogen-bond donors (Lipinski definition) is 1. The third-order valence-electron chi connectivity index (χ3n) is 4.96. The fourth-order valence-corrected chi connectivity index (χ4v) is 3.61. The molecule has 2 unspecified atom stereocenters. The zero-order valence-corrected chi connectivity index (χ0v) is 13.2. The van der Waals surface area contributed by atoms with Crippen LogP contribution in [-0.2, 0) is 9.59 Å². The Bertz CT molecular complexity index is 420. The lowest BCUT2D eigenvalue weighted by molar-refractivity contribution is -0.141. The highest BCUT2D eigenvalue weighted by Crippen LogP contribution is 2.30. The summed E-state index contributed by atoms with van der Waals surface area (Å²) < 4.78 is 0. The summed E-state index contributed by atoms with van der Waals surface area (Å²) in [5.41, 5.74) is 0. The molecule has 5 heteroatoms. The van der Waals surface area contributed by atoms with Crippen LogP contribution in [-0.4, -0.2) is 59.4 Å². The molecule has 0 radical (unpaired) electrons. The van der Waals surface area contributed by atoms with Crippen LogP contribution in [0.3, 0.4) is 0 Å². The fraction of sp³-hybridized carbons (Fsp3) is 0.875. The number of nitrogens with zero attached hydrogens (tertiary/aromatic N) is 2. The topological polar surface area (TPSA) is 52.7 Å². The number of amides is 2. The smallest absolute Gasteiger partial charge is 0.243 e. The molecule has 2 aliphatic heterocycles. The molecule has 3 rings (SSSR count). The van der Waals surface area contributed by atoms with Gasteiger partial charge in [0.15, 0.2) is 0 Å². The Morgan fingerprint density at radius 1 is 1.10 bits per heavy atom. The summed E-state index contributed by atoms with van der Waals surface area (Å²) in [6.45, 7) is 6.63. The van der Waals surface area contributed by atoms with Gasteiger partial charge in [0.05, 0.1) is 0 Å². The van der Waals surface area contributed by atoms with E-state index in [1.165, 1.54) is 12.8 Å². The van der Waals surface area contributed by atoms with Crippen molar-refractivity contribution in [2.45, 2.75) is 64.1 Å². The zero-order chi connectivity index (χ0) is 15.0. The van der Waals surface area contributed by atoms with Crippen LogP contribution in [0.25, 0.3) is 0 Å². The highest BCUT2D eigenvalue weighted by Gasteiger charge is 2.38. The fourth-order valence-electron chi connectivity index (χ4n) is 3.61. The van der Waals surface area contributed by atoms with Crippen molar-refractivity contribution in [2.75, 3.05) is 19.6 Å². The van der Waals surface area contributed by atoms with Crippen LogP contribution in [0.2, 0.25) is 0 Å². The number of carbonyl (C=O) groups excluding carboxylic acids is 2. The van der Waals surface area contributed by atoms with E-state index in [2.05, 4.69) is 10.2 Å². The van der Waals surface area contributed by atoms with Gasteiger partial charge in [0.2, 0.25) is 11.8 Å². The maximum Gasteiger partial charge on any atom is 0.243 e. The third-order valence-corrected chi connectivity index (χ3v) is 4.96. The summed E-state index contributed by atoms with van der Waals surface area (Å²) in [6.07, 6.45) is 5.44. The van der Waals surface area contributed by atoms with Crippen molar-refractivity contribution < 1.29 is 9.59 Å². The van der Waals surface area contributed by atoms with Gasteiger partial charge in [-0.05, 0) is 32.1 Å². The Labute approximate surface area is 127 Å². The molecule has 1 saturated carbocycles. The minimum atomic E-state index is -0.241. The molecule has 3 fully saturated rings. The van der Waals surface area contributed by atoms with Crippen LogP contribution in [0.5, 0.6) is 0 Å². The van der Waals surface area contributed by atoms with Gasteiger partial charge in [0.25, 0.3) is 0 Å². The molecule has 118 valence electrons. The quantitative estimate of drug-likeness (QED) is 0.841. The van der Waals surface area contributed by atoms with Gasteiger partial charge in [-0.1, -0.05) is 13.8 Å². The standard InChI is InChI=1S/C16H27N3O2/c1-11(2)16(21)19-8-3-4-14(19)15(20)17-12-7-9-18(10-12)13-5-6-13/h11-14H,3-10H2,1-2H3,(H,17,20). The molecule has 1 aliphatic carbocycles. The van der Waals surface area contributed by atoms with Gasteiger partial charge in [0.1, 0.15) is 6.04 Å². The first-order valence-corrected chi connectivity index (χ1v) is 8.41. The van der Waals surface area contributed by atoms with Crippen LogP contribution < -0.4 is 5.32 Å². The second kappa shape index (κ2) is 5.95. The summed E-state index contributed by atoms with van der Waals surface area (Å²) in [5.74, 6) is 0.137. The Balaban J connectivity index is 1.53. The minimum Gasteiger partial charge on any atom is -0.350 e. The SMILES string of the molecule is CC(C)C(=O)N1CCCC1C(=O)NC1CCN(C2CC2)C1. The lowest BCUT2D eigenvalue weighted by Crippen LogP contribution is -2.50. The molecule has 2 heterocycles. The average molecular weight is 293 g/mol. The molecule has 2 saturated heterocycles. The van der Waals surface area contributed by atoms with Crippen molar-refractivity contribution in [2.24, 2.45) is 5.92 Å². The van der Waals surface area contributed by atoms with Gasteiger partial charge in [-0.25, -0.2) is 0 Å². The summed E-state index contributed by atoms with van der Waals surface area (Å²) >= 11 is 0. The van der Waals surface area contributed by atoms with E-state index in [4.69, 9.17) is 0 Å². The predicted octanol–water partition coefficient (Wildman–Crippen LogP) is 0.986. The molecule has 21 heavy (non-hydrogen) atoms. The highest BCUT2D eigenvalue weighted by molar-refractivity contribution is 5.89. The van der Waals surface area contributed by atoms with E-state index < -0.39 is 0 Å². The summed E-state index contributed by atoms with van der Waals surface area (Å²) in [6, 6.07) is 0.807. The van der Waals surface area contributed by atoms with Crippen molar-refractivity contribution in [3.63, 3.8) is 0 Å². The summed E-state index contributed by atoms with van der Waals surface area (Å²) in [5, 5.41) is 3.18. The van der Waals surface area contributed by atoms with E-state index in [9.17, 15) is 9.59 Å². The Morgan fingerprint density at radius 3 is 2.52 bits per heavy atom. The molecular formula is C16H27N3O2. The Kier molecular flexibility index (Phi) is 4.20. The van der Waals surface area contributed by atoms with Gasteiger partial charge < -0.3 is 10.2 Å². The molecule has 0 aromatic heterocycles. The van der Waals surface area contributed by atoms with Crippen molar-refractivity contribution in [1.82, 2.24) is 15.1 Å². The van der Waals surface area contributed by atoms with Crippen molar-refractivity contribution >= 4 is 11.8 Å². The van der Waals surface area contributed by atoms with Crippen LogP contribution >= 0.6 is 0 Å². The molecule has 1 N–H and O–H groups in total. The zero-order valence-electron chi connectivity index (χ0n) is 13.2. The number of rotatable bonds is 4.